The van der Waals surface area contributed by atoms with E-state index in [1.54, 1.807) is 0 Å². The second-order valence-corrected chi connectivity index (χ2v) is 6.75. The first kappa shape index (κ1) is 14.6. The molecule has 2 N–H and O–H groups in total. The van der Waals surface area contributed by atoms with E-state index in [2.05, 4.69) is 24.3 Å². The van der Waals surface area contributed by atoms with Crippen molar-refractivity contribution in [3.63, 3.8) is 0 Å². The van der Waals surface area contributed by atoms with E-state index < -0.39 is 0 Å². The SMILES string of the molecule is NC1(CC(=O)N2CCc3ccccc3CC2)CCCCC1. The smallest absolute Gasteiger partial charge is 0.224 e. The predicted octanol–water partition coefficient (Wildman–Crippen LogP) is 2.67. The molecule has 21 heavy (non-hydrogen) atoms. The van der Waals surface area contributed by atoms with E-state index in [1.807, 2.05) is 4.90 Å². The molecule has 0 spiro atoms. The third kappa shape index (κ3) is 3.46. The highest BCUT2D eigenvalue weighted by molar-refractivity contribution is 5.77. The molecule has 1 amide bonds. The Labute approximate surface area is 127 Å². The fraction of sp³-hybridized carbons (Fsp3) is 0.611. The molecule has 0 bridgehead atoms. The normalized spacial score (nSPS) is 21.5. The second-order valence-electron chi connectivity index (χ2n) is 6.75. The van der Waals surface area contributed by atoms with Gasteiger partial charge in [0.15, 0.2) is 0 Å². The molecule has 0 aromatic heterocycles. The first-order valence-corrected chi connectivity index (χ1v) is 8.30. The number of fused-ring (bicyclic) bond motifs is 1. The Kier molecular flexibility index (Phi) is 4.29. The Hall–Kier alpha value is -1.35. The quantitative estimate of drug-likeness (QED) is 0.908. The number of benzene rings is 1. The summed E-state index contributed by atoms with van der Waals surface area (Å²) in [6.45, 7) is 1.68. The minimum atomic E-state index is -0.242. The first-order chi connectivity index (χ1) is 10.2. The van der Waals surface area contributed by atoms with E-state index in [0.717, 1.165) is 38.8 Å². The van der Waals surface area contributed by atoms with Crippen molar-refractivity contribution in [1.82, 2.24) is 4.90 Å². The average Bonchev–Trinajstić information content (AvgIpc) is 2.70. The lowest BCUT2D eigenvalue weighted by Gasteiger charge is -2.34. The largest absolute Gasteiger partial charge is 0.342 e. The lowest BCUT2D eigenvalue weighted by Crippen LogP contribution is -2.47. The summed E-state index contributed by atoms with van der Waals surface area (Å²) in [5.74, 6) is 0.257. The van der Waals surface area contributed by atoms with Crippen molar-refractivity contribution in [2.24, 2.45) is 5.73 Å². The molecular weight excluding hydrogens is 260 g/mol. The summed E-state index contributed by atoms with van der Waals surface area (Å²) in [4.78, 5) is 14.7. The van der Waals surface area contributed by atoms with Gasteiger partial charge in [-0.15, -0.1) is 0 Å². The maximum absolute atomic E-state index is 12.6. The molecule has 1 aliphatic carbocycles. The van der Waals surface area contributed by atoms with Crippen molar-refractivity contribution < 1.29 is 4.79 Å². The molecule has 0 radical (unpaired) electrons. The van der Waals surface area contributed by atoms with Crippen molar-refractivity contribution in [3.05, 3.63) is 35.4 Å². The van der Waals surface area contributed by atoms with E-state index in [-0.39, 0.29) is 11.4 Å². The van der Waals surface area contributed by atoms with Crippen molar-refractivity contribution >= 4 is 5.91 Å². The van der Waals surface area contributed by atoms with E-state index in [4.69, 9.17) is 5.73 Å². The summed E-state index contributed by atoms with van der Waals surface area (Å²) in [6, 6.07) is 8.56. The summed E-state index contributed by atoms with van der Waals surface area (Å²) < 4.78 is 0. The van der Waals surface area contributed by atoms with Gasteiger partial charge < -0.3 is 10.6 Å². The minimum Gasteiger partial charge on any atom is -0.342 e. The maximum atomic E-state index is 12.6. The molecule has 0 saturated heterocycles. The lowest BCUT2D eigenvalue weighted by molar-refractivity contribution is -0.132. The third-order valence-electron chi connectivity index (χ3n) is 5.13. The number of carbonyl (C=O) groups is 1. The maximum Gasteiger partial charge on any atom is 0.224 e. The van der Waals surface area contributed by atoms with Crippen molar-refractivity contribution in [3.8, 4) is 0 Å². The molecule has 0 atom stereocenters. The summed E-state index contributed by atoms with van der Waals surface area (Å²) in [5.41, 5.74) is 8.99. The van der Waals surface area contributed by atoms with Crippen LogP contribution in [0.5, 0.6) is 0 Å². The fourth-order valence-corrected chi connectivity index (χ4v) is 3.76. The highest BCUT2D eigenvalue weighted by Gasteiger charge is 2.32. The Balaban J connectivity index is 1.61. The molecule has 0 unspecified atom stereocenters. The number of nitrogens with zero attached hydrogens (tertiary/aromatic N) is 1. The number of amides is 1. The van der Waals surface area contributed by atoms with E-state index in [9.17, 15) is 4.79 Å². The van der Waals surface area contributed by atoms with Gasteiger partial charge in [-0.2, -0.15) is 0 Å². The van der Waals surface area contributed by atoms with Gasteiger partial charge in [-0.3, -0.25) is 4.79 Å². The monoisotopic (exact) mass is 286 g/mol. The zero-order chi connectivity index (χ0) is 14.7. The van der Waals surface area contributed by atoms with Crippen LogP contribution in [0.3, 0.4) is 0 Å². The van der Waals surface area contributed by atoms with Gasteiger partial charge in [-0.1, -0.05) is 43.5 Å². The molecule has 3 nitrogen and oxygen atoms in total. The zero-order valence-corrected chi connectivity index (χ0v) is 12.8. The van der Waals surface area contributed by atoms with Gasteiger partial charge in [0.05, 0.1) is 0 Å². The number of nitrogens with two attached hydrogens (primary N) is 1. The Morgan fingerprint density at radius 2 is 1.62 bits per heavy atom. The molecule has 3 rings (SSSR count). The summed E-state index contributed by atoms with van der Waals surface area (Å²) in [7, 11) is 0. The van der Waals surface area contributed by atoms with Crippen LogP contribution >= 0.6 is 0 Å². The van der Waals surface area contributed by atoms with E-state index in [0.29, 0.717) is 6.42 Å². The van der Waals surface area contributed by atoms with Crippen molar-refractivity contribution in [2.75, 3.05) is 13.1 Å². The standard InChI is InChI=1S/C18H26N2O/c19-18(10-4-1-5-11-18)14-17(21)20-12-8-15-6-2-3-7-16(15)9-13-20/h2-3,6-7H,1,4-5,8-14,19H2. The van der Waals surface area contributed by atoms with E-state index in [1.165, 1.54) is 30.4 Å². The van der Waals surface area contributed by atoms with Crippen LogP contribution in [0.1, 0.15) is 49.7 Å². The van der Waals surface area contributed by atoms with Crippen molar-refractivity contribution in [2.45, 2.75) is 56.9 Å². The van der Waals surface area contributed by atoms with Gasteiger partial charge in [-0.05, 0) is 36.8 Å². The Morgan fingerprint density at radius 1 is 1.05 bits per heavy atom. The van der Waals surface area contributed by atoms with Gasteiger partial charge in [0, 0.05) is 25.0 Å². The van der Waals surface area contributed by atoms with Crippen LogP contribution in [0, 0.1) is 0 Å². The summed E-state index contributed by atoms with van der Waals surface area (Å²) in [5, 5.41) is 0. The number of rotatable bonds is 2. The predicted molar refractivity (Wildman–Crippen MR) is 85.1 cm³/mol. The molecule has 1 heterocycles. The molecule has 1 aromatic rings. The average molecular weight is 286 g/mol. The Morgan fingerprint density at radius 3 is 2.19 bits per heavy atom. The van der Waals surface area contributed by atoms with Crippen LogP contribution in [0.25, 0.3) is 0 Å². The van der Waals surface area contributed by atoms with Gasteiger partial charge in [-0.25, -0.2) is 0 Å². The molecule has 2 aliphatic rings. The van der Waals surface area contributed by atoms with Crippen LogP contribution in [0.4, 0.5) is 0 Å². The highest BCUT2D eigenvalue weighted by Crippen LogP contribution is 2.29. The number of hydrogen-bond donors (Lipinski definition) is 1. The van der Waals surface area contributed by atoms with Crippen LogP contribution < -0.4 is 5.73 Å². The molecule has 1 aliphatic heterocycles. The summed E-state index contributed by atoms with van der Waals surface area (Å²) in [6.07, 6.45) is 8.11. The molecule has 1 aromatic carbocycles. The molecule has 1 saturated carbocycles. The van der Waals surface area contributed by atoms with Gasteiger partial charge >= 0.3 is 0 Å². The molecule has 3 heteroatoms. The topological polar surface area (TPSA) is 46.3 Å². The summed E-state index contributed by atoms with van der Waals surface area (Å²) >= 11 is 0. The molecule has 114 valence electrons. The van der Waals surface area contributed by atoms with Gasteiger partial charge in [0.1, 0.15) is 0 Å². The first-order valence-electron chi connectivity index (χ1n) is 8.30. The minimum absolute atomic E-state index is 0.242. The number of hydrogen-bond acceptors (Lipinski definition) is 2. The van der Waals surface area contributed by atoms with Gasteiger partial charge in [0.2, 0.25) is 5.91 Å². The Bertz CT molecular complexity index is 479. The molecule has 1 fully saturated rings. The third-order valence-corrected chi connectivity index (χ3v) is 5.13. The highest BCUT2D eigenvalue weighted by atomic mass is 16.2. The van der Waals surface area contributed by atoms with E-state index >= 15 is 0 Å². The van der Waals surface area contributed by atoms with Gasteiger partial charge in [0.25, 0.3) is 0 Å². The van der Waals surface area contributed by atoms with Crippen molar-refractivity contribution in [1.29, 1.82) is 0 Å². The second kappa shape index (κ2) is 6.18. The lowest BCUT2D eigenvalue weighted by atomic mass is 9.80. The number of carbonyl (C=O) groups excluding carboxylic acids is 1. The van der Waals surface area contributed by atoms with Crippen LogP contribution in [0.15, 0.2) is 24.3 Å². The van der Waals surface area contributed by atoms with Crippen LogP contribution in [-0.4, -0.2) is 29.4 Å². The van der Waals surface area contributed by atoms with Crippen LogP contribution in [-0.2, 0) is 17.6 Å². The zero-order valence-electron chi connectivity index (χ0n) is 12.8. The molecular formula is C18H26N2O. The van der Waals surface area contributed by atoms with Crippen LogP contribution in [0.2, 0.25) is 0 Å². The fourth-order valence-electron chi connectivity index (χ4n) is 3.76.